The molecule has 4 heterocycles. The minimum absolute atomic E-state index is 0.132. The minimum atomic E-state index is 0.132. The topological polar surface area (TPSA) is 106 Å². The minimum Gasteiger partial charge on any atom is -0.340 e. The smallest absolute Gasteiger partial charge is 0.241 e. The maximum Gasteiger partial charge on any atom is 0.241 e. The van der Waals surface area contributed by atoms with Gasteiger partial charge in [0.2, 0.25) is 17.6 Å². The van der Waals surface area contributed by atoms with Crippen molar-refractivity contribution < 1.29 is 9.32 Å². The quantitative estimate of drug-likeness (QED) is 0.449. The zero-order chi connectivity index (χ0) is 21.0. The first kappa shape index (κ1) is 19.5. The number of nitrogens with zero attached hydrogens (tertiary/aromatic N) is 8. The van der Waals surface area contributed by atoms with Crippen LogP contribution in [0.25, 0.3) is 16.4 Å². The molecule has 1 saturated heterocycles. The van der Waals surface area contributed by atoms with E-state index in [2.05, 4.69) is 30.6 Å². The van der Waals surface area contributed by atoms with Gasteiger partial charge in [0, 0.05) is 26.2 Å². The Morgan fingerprint density at radius 1 is 1.10 bits per heavy atom. The molecule has 1 fully saturated rings. The summed E-state index contributed by atoms with van der Waals surface area (Å²) in [4.78, 5) is 22.3. The van der Waals surface area contributed by atoms with Crippen molar-refractivity contribution in [3.63, 3.8) is 0 Å². The van der Waals surface area contributed by atoms with E-state index in [1.54, 1.807) is 16.0 Å². The summed E-state index contributed by atoms with van der Waals surface area (Å²) >= 11 is 1.59. The van der Waals surface area contributed by atoms with Crippen LogP contribution in [0.3, 0.4) is 0 Å². The summed E-state index contributed by atoms with van der Waals surface area (Å²) in [6.07, 6.45) is 1.92. The Kier molecular flexibility index (Phi) is 5.50. The second-order valence-electron chi connectivity index (χ2n) is 7.24. The SMILES string of the molecule is O=C(Cc1ccc(-n2cnnn2)cc1)N1CCN(Cc2nc(-c3cccs3)no2)CC1. The molecule has 0 saturated carbocycles. The Labute approximate surface area is 182 Å². The molecular formula is C20H20N8O2S. The molecule has 0 radical (unpaired) electrons. The van der Waals surface area contributed by atoms with Gasteiger partial charge in [0.1, 0.15) is 6.33 Å². The van der Waals surface area contributed by atoms with Crippen molar-refractivity contribution in [3.05, 3.63) is 59.6 Å². The number of hydrogen-bond donors (Lipinski definition) is 0. The average molecular weight is 437 g/mol. The van der Waals surface area contributed by atoms with Gasteiger partial charge in [0.05, 0.1) is 23.5 Å². The summed E-state index contributed by atoms with van der Waals surface area (Å²) in [5, 5.41) is 17.2. The number of aromatic nitrogens is 6. The fourth-order valence-electron chi connectivity index (χ4n) is 3.50. The summed E-state index contributed by atoms with van der Waals surface area (Å²) in [5.41, 5.74) is 1.83. The number of carbonyl (C=O) groups excluding carboxylic acids is 1. The first-order chi connectivity index (χ1) is 15.2. The maximum absolute atomic E-state index is 12.7. The summed E-state index contributed by atoms with van der Waals surface area (Å²) < 4.78 is 6.97. The van der Waals surface area contributed by atoms with Gasteiger partial charge in [-0.25, -0.2) is 4.68 Å². The summed E-state index contributed by atoms with van der Waals surface area (Å²) in [6.45, 7) is 3.53. The highest BCUT2D eigenvalue weighted by Gasteiger charge is 2.23. The van der Waals surface area contributed by atoms with E-state index in [9.17, 15) is 4.79 Å². The Hall–Kier alpha value is -3.44. The fraction of sp³-hybridized carbons (Fsp3) is 0.300. The van der Waals surface area contributed by atoms with Gasteiger partial charge in [-0.3, -0.25) is 9.69 Å². The molecular weight excluding hydrogens is 416 g/mol. The third kappa shape index (κ3) is 4.52. The Morgan fingerprint density at radius 3 is 2.65 bits per heavy atom. The monoisotopic (exact) mass is 436 g/mol. The lowest BCUT2D eigenvalue weighted by molar-refractivity contribution is -0.132. The number of hydrogen-bond acceptors (Lipinski definition) is 9. The highest BCUT2D eigenvalue weighted by Crippen LogP contribution is 2.21. The van der Waals surface area contributed by atoms with E-state index in [0.29, 0.717) is 37.8 Å². The highest BCUT2D eigenvalue weighted by atomic mass is 32.1. The van der Waals surface area contributed by atoms with Gasteiger partial charge in [-0.1, -0.05) is 23.4 Å². The molecule has 4 aromatic rings. The van der Waals surface area contributed by atoms with Gasteiger partial charge in [-0.15, -0.1) is 16.4 Å². The van der Waals surface area contributed by atoms with Gasteiger partial charge < -0.3 is 9.42 Å². The van der Waals surface area contributed by atoms with Gasteiger partial charge in [0.15, 0.2) is 0 Å². The van der Waals surface area contributed by atoms with Crippen LogP contribution in [0.4, 0.5) is 0 Å². The number of amides is 1. The third-order valence-corrected chi connectivity index (χ3v) is 6.06. The van der Waals surface area contributed by atoms with Crippen LogP contribution in [0.1, 0.15) is 11.5 Å². The van der Waals surface area contributed by atoms with Crippen molar-refractivity contribution in [1.29, 1.82) is 0 Å². The van der Waals surface area contributed by atoms with Gasteiger partial charge in [-0.05, 0) is 39.6 Å². The standard InChI is InChI=1S/C20H20N8O2S/c29-19(12-15-3-5-16(6-4-15)28-14-21-24-25-28)27-9-7-26(8-10-27)13-18-22-20(23-30-18)17-2-1-11-31-17/h1-6,11,14H,7-10,12-13H2. The number of rotatable bonds is 6. The van der Waals surface area contributed by atoms with Gasteiger partial charge in [0.25, 0.3) is 0 Å². The maximum atomic E-state index is 12.7. The lowest BCUT2D eigenvalue weighted by Crippen LogP contribution is -2.48. The second kappa shape index (κ2) is 8.74. The molecule has 1 amide bonds. The van der Waals surface area contributed by atoms with Crippen LogP contribution in [0.2, 0.25) is 0 Å². The average Bonchev–Trinajstić information content (AvgIpc) is 3.57. The Bertz CT molecular complexity index is 1120. The highest BCUT2D eigenvalue weighted by molar-refractivity contribution is 7.13. The number of benzene rings is 1. The van der Waals surface area contributed by atoms with E-state index in [0.717, 1.165) is 29.2 Å². The molecule has 31 heavy (non-hydrogen) atoms. The normalized spacial score (nSPS) is 14.8. The lowest BCUT2D eigenvalue weighted by Gasteiger charge is -2.34. The molecule has 0 bridgehead atoms. The van der Waals surface area contributed by atoms with Crippen LogP contribution in [0.5, 0.6) is 0 Å². The number of thiophene rings is 1. The second-order valence-corrected chi connectivity index (χ2v) is 8.19. The van der Waals surface area contributed by atoms with E-state index in [1.807, 2.05) is 46.7 Å². The van der Waals surface area contributed by atoms with Crippen LogP contribution in [-0.2, 0) is 17.8 Å². The zero-order valence-corrected chi connectivity index (χ0v) is 17.5. The molecule has 10 nitrogen and oxygen atoms in total. The van der Waals surface area contributed by atoms with Crippen LogP contribution in [0, 0.1) is 0 Å². The predicted octanol–water partition coefficient (Wildman–Crippen LogP) is 1.66. The molecule has 158 valence electrons. The van der Waals surface area contributed by atoms with E-state index in [4.69, 9.17) is 4.52 Å². The molecule has 0 aliphatic carbocycles. The molecule has 3 aromatic heterocycles. The number of tetrazole rings is 1. The summed E-state index contributed by atoms with van der Waals surface area (Å²) in [6, 6.07) is 11.6. The van der Waals surface area contributed by atoms with Crippen LogP contribution >= 0.6 is 11.3 Å². The number of piperazine rings is 1. The van der Waals surface area contributed by atoms with Crippen molar-refractivity contribution in [1.82, 2.24) is 40.1 Å². The molecule has 0 atom stereocenters. The van der Waals surface area contributed by atoms with Crippen LogP contribution < -0.4 is 0 Å². The lowest BCUT2D eigenvalue weighted by atomic mass is 10.1. The molecule has 11 heteroatoms. The van der Waals surface area contributed by atoms with Crippen LogP contribution in [0.15, 0.2) is 52.6 Å². The van der Waals surface area contributed by atoms with E-state index >= 15 is 0 Å². The predicted molar refractivity (Wildman–Crippen MR) is 112 cm³/mol. The van der Waals surface area contributed by atoms with Crippen molar-refractivity contribution in [2.24, 2.45) is 0 Å². The summed E-state index contributed by atoms with van der Waals surface area (Å²) in [7, 11) is 0. The fourth-order valence-corrected chi connectivity index (χ4v) is 4.15. The third-order valence-electron chi connectivity index (χ3n) is 5.20. The molecule has 1 aliphatic rings. The molecule has 1 aromatic carbocycles. The zero-order valence-electron chi connectivity index (χ0n) is 16.7. The van der Waals surface area contributed by atoms with Crippen molar-refractivity contribution in [3.8, 4) is 16.4 Å². The number of carbonyl (C=O) groups is 1. The largest absolute Gasteiger partial charge is 0.340 e. The Morgan fingerprint density at radius 2 is 1.94 bits per heavy atom. The van der Waals surface area contributed by atoms with Gasteiger partial charge >= 0.3 is 0 Å². The van der Waals surface area contributed by atoms with E-state index in [-0.39, 0.29) is 5.91 Å². The van der Waals surface area contributed by atoms with Gasteiger partial charge in [-0.2, -0.15) is 4.98 Å². The van der Waals surface area contributed by atoms with Crippen molar-refractivity contribution in [2.45, 2.75) is 13.0 Å². The molecule has 0 N–H and O–H groups in total. The molecule has 0 unspecified atom stereocenters. The first-order valence-electron chi connectivity index (χ1n) is 9.93. The van der Waals surface area contributed by atoms with Crippen LogP contribution in [-0.4, -0.2) is 72.2 Å². The van der Waals surface area contributed by atoms with Crippen molar-refractivity contribution in [2.75, 3.05) is 26.2 Å². The molecule has 1 aliphatic heterocycles. The summed E-state index contributed by atoms with van der Waals surface area (Å²) in [5.74, 6) is 1.36. The molecule has 5 rings (SSSR count). The van der Waals surface area contributed by atoms with E-state index in [1.165, 1.54) is 6.33 Å². The van der Waals surface area contributed by atoms with Crippen molar-refractivity contribution >= 4 is 17.2 Å². The molecule has 0 spiro atoms. The van der Waals surface area contributed by atoms with E-state index < -0.39 is 0 Å². The first-order valence-corrected chi connectivity index (χ1v) is 10.8. The Balaban J connectivity index is 1.11.